The van der Waals surface area contributed by atoms with E-state index in [-0.39, 0.29) is 30.7 Å². The summed E-state index contributed by atoms with van der Waals surface area (Å²) >= 11 is 0. The molecule has 0 unspecified atom stereocenters. The Kier molecular flexibility index (Phi) is 2.70. The third kappa shape index (κ3) is 2.05. The quantitative estimate of drug-likeness (QED) is 0.742. The van der Waals surface area contributed by atoms with Gasteiger partial charge in [0, 0.05) is 11.4 Å². The number of carbonyl (C=O) groups is 3. The first-order valence-corrected chi connectivity index (χ1v) is 6.01. The molecule has 2 aliphatic rings. The summed E-state index contributed by atoms with van der Waals surface area (Å²) in [5.74, 6) is -0.290. The Bertz CT molecular complexity index is 570. The highest BCUT2D eigenvalue weighted by Crippen LogP contribution is 2.26. The zero-order valence-corrected chi connectivity index (χ0v) is 10.2. The van der Waals surface area contributed by atoms with Crippen LogP contribution in [0.4, 0.5) is 16.2 Å². The van der Waals surface area contributed by atoms with Crippen LogP contribution in [0.3, 0.4) is 0 Å². The van der Waals surface area contributed by atoms with Gasteiger partial charge in [-0.15, -0.1) is 0 Å². The smallest absolute Gasteiger partial charge is 0.414 e. The van der Waals surface area contributed by atoms with Gasteiger partial charge in [0.15, 0.2) is 5.78 Å². The Balaban J connectivity index is 1.90. The second-order valence-corrected chi connectivity index (χ2v) is 4.48. The first-order valence-electron chi connectivity index (χ1n) is 6.01. The molecule has 0 spiro atoms. The predicted molar refractivity (Wildman–Crippen MR) is 67.1 cm³/mol. The second kappa shape index (κ2) is 4.38. The molecule has 3 rings (SSSR count). The minimum absolute atomic E-state index is 0.0457. The Hall–Kier alpha value is -2.37. The van der Waals surface area contributed by atoms with Gasteiger partial charge in [0.25, 0.3) is 0 Å². The molecular weight excluding hydrogens is 248 g/mol. The van der Waals surface area contributed by atoms with E-state index >= 15 is 0 Å². The number of Topliss-reactive ketones (excluding diaryl/α,β-unsaturated/α-hetero) is 1. The largest absolute Gasteiger partial charge is 0.447 e. The van der Waals surface area contributed by atoms with Crippen molar-refractivity contribution >= 4 is 29.2 Å². The molecule has 2 aliphatic heterocycles. The molecule has 1 aromatic rings. The van der Waals surface area contributed by atoms with Gasteiger partial charge in [-0.3, -0.25) is 14.5 Å². The molecule has 0 radical (unpaired) electrons. The molecule has 0 saturated carbocycles. The SMILES string of the molecule is O=C1CC(=O)N(c2cccc(N3CCOC3=O)c2)C1. The van der Waals surface area contributed by atoms with Crippen LogP contribution in [0, 0.1) is 0 Å². The fourth-order valence-electron chi connectivity index (χ4n) is 2.28. The molecule has 2 amide bonds. The van der Waals surface area contributed by atoms with Crippen molar-refractivity contribution in [3.05, 3.63) is 24.3 Å². The normalized spacial score (nSPS) is 19.3. The summed E-state index contributed by atoms with van der Waals surface area (Å²) in [5.41, 5.74) is 1.31. The van der Waals surface area contributed by atoms with Crippen LogP contribution in [0.2, 0.25) is 0 Å². The maximum absolute atomic E-state index is 11.7. The molecule has 19 heavy (non-hydrogen) atoms. The summed E-state index contributed by atoms with van der Waals surface area (Å²) in [7, 11) is 0. The summed E-state index contributed by atoms with van der Waals surface area (Å²) < 4.78 is 4.88. The lowest BCUT2D eigenvalue weighted by molar-refractivity contribution is -0.121. The predicted octanol–water partition coefficient (Wildman–Crippen LogP) is 0.949. The van der Waals surface area contributed by atoms with Gasteiger partial charge in [-0.2, -0.15) is 0 Å². The second-order valence-electron chi connectivity index (χ2n) is 4.48. The number of anilines is 2. The number of hydrogen-bond donors (Lipinski definition) is 0. The van der Waals surface area contributed by atoms with E-state index in [2.05, 4.69) is 0 Å². The van der Waals surface area contributed by atoms with Crippen molar-refractivity contribution in [2.45, 2.75) is 6.42 Å². The Morgan fingerprint density at radius 3 is 2.37 bits per heavy atom. The van der Waals surface area contributed by atoms with Crippen LogP contribution >= 0.6 is 0 Å². The highest BCUT2D eigenvalue weighted by Gasteiger charge is 2.29. The van der Waals surface area contributed by atoms with Crippen LogP contribution in [0.1, 0.15) is 6.42 Å². The molecule has 6 nitrogen and oxygen atoms in total. The molecule has 0 aromatic heterocycles. The van der Waals surface area contributed by atoms with Crippen molar-refractivity contribution in [2.24, 2.45) is 0 Å². The van der Waals surface area contributed by atoms with E-state index in [1.807, 2.05) is 0 Å². The van der Waals surface area contributed by atoms with Gasteiger partial charge in [0.2, 0.25) is 5.91 Å². The van der Waals surface area contributed by atoms with Crippen LogP contribution in [0.15, 0.2) is 24.3 Å². The molecule has 0 aliphatic carbocycles. The summed E-state index contributed by atoms with van der Waals surface area (Å²) in [6.45, 7) is 0.964. The molecule has 98 valence electrons. The molecule has 0 N–H and O–H groups in total. The summed E-state index contributed by atoms with van der Waals surface area (Å²) in [6.07, 6.45) is -0.434. The average molecular weight is 260 g/mol. The first kappa shape index (κ1) is 11.7. The summed E-state index contributed by atoms with van der Waals surface area (Å²) in [4.78, 5) is 37.4. The minimum atomic E-state index is -0.388. The Morgan fingerprint density at radius 1 is 1.05 bits per heavy atom. The number of rotatable bonds is 2. The molecule has 1 aromatic carbocycles. The zero-order valence-electron chi connectivity index (χ0n) is 10.2. The molecule has 0 atom stereocenters. The summed E-state index contributed by atoms with van der Waals surface area (Å²) in [6, 6.07) is 7.01. The minimum Gasteiger partial charge on any atom is -0.447 e. The molecule has 2 fully saturated rings. The monoisotopic (exact) mass is 260 g/mol. The molecule has 6 heteroatoms. The average Bonchev–Trinajstić information content (AvgIpc) is 2.95. The van der Waals surface area contributed by atoms with Crippen molar-refractivity contribution in [1.82, 2.24) is 0 Å². The standard InChI is InChI=1S/C13H12N2O4/c16-11-7-12(17)15(8-11)10-3-1-2-9(6-10)14-4-5-19-13(14)18/h1-3,6H,4-5,7-8H2. The number of ether oxygens (including phenoxy) is 1. The van der Waals surface area contributed by atoms with Gasteiger partial charge < -0.3 is 9.64 Å². The van der Waals surface area contributed by atoms with E-state index in [4.69, 9.17) is 4.74 Å². The topological polar surface area (TPSA) is 66.9 Å². The van der Waals surface area contributed by atoms with Gasteiger partial charge in [-0.1, -0.05) is 6.07 Å². The van der Waals surface area contributed by atoms with Crippen molar-refractivity contribution in [3.8, 4) is 0 Å². The molecular formula is C13H12N2O4. The third-order valence-corrected chi connectivity index (χ3v) is 3.20. The fraction of sp³-hybridized carbons (Fsp3) is 0.308. The summed E-state index contributed by atoms with van der Waals surface area (Å²) in [5, 5.41) is 0. The van der Waals surface area contributed by atoms with E-state index in [9.17, 15) is 14.4 Å². The van der Waals surface area contributed by atoms with Crippen LogP contribution in [-0.4, -0.2) is 37.5 Å². The van der Waals surface area contributed by atoms with Crippen LogP contribution < -0.4 is 9.80 Å². The van der Waals surface area contributed by atoms with Crippen molar-refractivity contribution < 1.29 is 19.1 Å². The number of hydrogen-bond acceptors (Lipinski definition) is 4. The van der Waals surface area contributed by atoms with Crippen LogP contribution in [0.5, 0.6) is 0 Å². The fourth-order valence-corrected chi connectivity index (χ4v) is 2.28. The number of ketones is 1. The molecule has 0 bridgehead atoms. The number of cyclic esters (lactones) is 1. The third-order valence-electron chi connectivity index (χ3n) is 3.20. The van der Waals surface area contributed by atoms with Crippen molar-refractivity contribution in [1.29, 1.82) is 0 Å². The van der Waals surface area contributed by atoms with E-state index in [1.54, 1.807) is 24.3 Å². The lowest BCUT2D eigenvalue weighted by Gasteiger charge is -2.18. The Labute approximate surface area is 109 Å². The number of amides is 2. The number of benzene rings is 1. The highest BCUT2D eigenvalue weighted by molar-refractivity contribution is 6.15. The van der Waals surface area contributed by atoms with E-state index in [1.165, 1.54) is 9.80 Å². The first-order chi connectivity index (χ1) is 9.15. The highest BCUT2D eigenvalue weighted by atomic mass is 16.6. The molecule has 2 heterocycles. The maximum atomic E-state index is 11.7. The van der Waals surface area contributed by atoms with Crippen LogP contribution in [-0.2, 0) is 14.3 Å². The number of carbonyl (C=O) groups excluding carboxylic acids is 3. The van der Waals surface area contributed by atoms with Gasteiger partial charge in [-0.25, -0.2) is 4.79 Å². The molecule has 2 saturated heterocycles. The van der Waals surface area contributed by atoms with Crippen molar-refractivity contribution in [3.63, 3.8) is 0 Å². The number of nitrogens with zero attached hydrogens (tertiary/aromatic N) is 2. The van der Waals surface area contributed by atoms with E-state index in [0.717, 1.165) is 0 Å². The van der Waals surface area contributed by atoms with E-state index in [0.29, 0.717) is 24.5 Å². The van der Waals surface area contributed by atoms with Gasteiger partial charge in [0.05, 0.1) is 19.5 Å². The van der Waals surface area contributed by atoms with Gasteiger partial charge in [-0.05, 0) is 18.2 Å². The lowest BCUT2D eigenvalue weighted by atomic mass is 10.2. The van der Waals surface area contributed by atoms with Gasteiger partial charge in [0.1, 0.15) is 6.61 Å². The van der Waals surface area contributed by atoms with Crippen LogP contribution in [0.25, 0.3) is 0 Å². The van der Waals surface area contributed by atoms with E-state index < -0.39 is 0 Å². The lowest BCUT2D eigenvalue weighted by Crippen LogP contribution is -2.26. The van der Waals surface area contributed by atoms with Gasteiger partial charge >= 0.3 is 6.09 Å². The maximum Gasteiger partial charge on any atom is 0.414 e. The zero-order chi connectivity index (χ0) is 13.4. The Morgan fingerprint density at radius 2 is 1.79 bits per heavy atom. The van der Waals surface area contributed by atoms with Crippen molar-refractivity contribution in [2.75, 3.05) is 29.5 Å².